The molecule has 182 valence electrons. The Morgan fingerprint density at radius 2 is 1.69 bits per heavy atom. The van der Waals surface area contributed by atoms with Gasteiger partial charge in [-0.05, 0) is 36.6 Å². The van der Waals surface area contributed by atoms with Crippen molar-refractivity contribution in [1.82, 2.24) is 4.90 Å². The third-order valence-electron chi connectivity index (χ3n) is 7.72. The molecule has 0 saturated carbocycles. The molecule has 3 amide bonds. The zero-order valence-electron chi connectivity index (χ0n) is 18.6. The number of hydrogen-bond donors (Lipinski definition) is 1. The topological polar surface area (TPSA) is 79.0 Å². The van der Waals surface area contributed by atoms with Crippen LogP contribution < -0.4 is 15.0 Å². The van der Waals surface area contributed by atoms with E-state index in [-0.39, 0.29) is 50.3 Å². The van der Waals surface area contributed by atoms with Gasteiger partial charge in [0, 0.05) is 23.2 Å². The minimum atomic E-state index is -1.40. The van der Waals surface area contributed by atoms with E-state index in [2.05, 4.69) is 12.2 Å². The molecule has 4 aliphatic heterocycles. The van der Waals surface area contributed by atoms with Crippen molar-refractivity contribution < 1.29 is 19.1 Å². The summed E-state index contributed by atoms with van der Waals surface area (Å²) in [5.41, 5.74) is -0.207. The summed E-state index contributed by atoms with van der Waals surface area (Å²) in [6.07, 6.45) is 0.677. The fourth-order valence-corrected chi connectivity index (χ4v) is 7.75. The summed E-state index contributed by atoms with van der Waals surface area (Å²) in [6.45, 7) is 2.64. The van der Waals surface area contributed by atoms with Crippen molar-refractivity contribution in [2.45, 2.75) is 24.9 Å². The second kappa shape index (κ2) is 7.73. The highest BCUT2D eigenvalue weighted by Gasteiger charge is 2.75. The number of benzene rings is 2. The Morgan fingerprint density at radius 1 is 1.00 bits per heavy atom. The van der Waals surface area contributed by atoms with Crippen LogP contribution >= 0.6 is 46.4 Å². The van der Waals surface area contributed by atoms with Gasteiger partial charge < -0.3 is 10.1 Å². The predicted molar refractivity (Wildman–Crippen MR) is 134 cm³/mol. The molecule has 2 aromatic rings. The number of hydrogen-bond acceptors (Lipinski definition) is 5. The molecule has 3 saturated heterocycles. The van der Waals surface area contributed by atoms with E-state index >= 15 is 0 Å². The summed E-state index contributed by atoms with van der Waals surface area (Å²) in [5, 5.41) is 3.84. The van der Waals surface area contributed by atoms with Gasteiger partial charge in [0.1, 0.15) is 5.54 Å². The minimum absolute atomic E-state index is 0.168. The molecule has 3 fully saturated rings. The SMILES string of the molecule is COc1c(Cl)cc(N2C(=O)C3C4C[C@H](C)CN4C4(C(=O)Nc5c(Cl)cc(Cl)cc54)C3C2=O)cc1Cl. The first-order chi connectivity index (χ1) is 16.6. The van der Waals surface area contributed by atoms with Crippen LogP contribution in [-0.2, 0) is 19.9 Å². The fourth-order valence-electron chi connectivity index (χ4n) is 6.58. The number of carbonyl (C=O) groups excluding carboxylic acids is 3. The largest absolute Gasteiger partial charge is 0.494 e. The maximum Gasteiger partial charge on any atom is 0.250 e. The van der Waals surface area contributed by atoms with E-state index in [1.807, 2.05) is 4.90 Å². The number of methoxy groups -OCH3 is 1. The van der Waals surface area contributed by atoms with Crippen molar-refractivity contribution in [2.75, 3.05) is 23.9 Å². The van der Waals surface area contributed by atoms with Crippen LogP contribution in [-0.4, -0.2) is 42.3 Å². The molecule has 4 heterocycles. The van der Waals surface area contributed by atoms with Crippen molar-refractivity contribution in [1.29, 1.82) is 0 Å². The first-order valence-corrected chi connectivity index (χ1v) is 12.6. The van der Waals surface area contributed by atoms with E-state index in [0.717, 1.165) is 4.90 Å². The van der Waals surface area contributed by atoms with E-state index < -0.39 is 23.3 Å². The van der Waals surface area contributed by atoms with Crippen LogP contribution in [0.5, 0.6) is 5.75 Å². The zero-order chi connectivity index (χ0) is 25.0. The van der Waals surface area contributed by atoms with Crippen LogP contribution in [0.25, 0.3) is 0 Å². The Labute approximate surface area is 221 Å². The Morgan fingerprint density at radius 3 is 2.34 bits per heavy atom. The Kier molecular flexibility index (Phi) is 5.16. The van der Waals surface area contributed by atoms with Crippen molar-refractivity contribution in [2.24, 2.45) is 17.8 Å². The van der Waals surface area contributed by atoms with Gasteiger partial charge in [-0.25, -0.2) is 4.90 Å². The highest BCUT2D eigenvalue weighted by molar-refractivity contribution is 6.39. The van der Waals surface area contributed by atoms with Gasteiger partial charge in [-0.15, -0.1) is 0 Å². The number of carbonyl (C=O) groups is 3. The first-order valence-electron chi connectivity index (χ1n) is 11.1. The number of ether oxygens (including phenoxy) is 1. The highest BCUT2D eigenvalue weighted by Crippen LogP contribution is 2.62. The van der Waals surface area contributed by atoms with Crippen molar-refractivity contribution >= 4 is 75.5 Å². The summed E-state index contributed by atoms with van der Waals surface area (Å²) in [6, 6.07) is 5.87. The molecule has 35 heavy (non-hydrogen) atoms. The van der Waals surface area contributed by atoms with Crippen LogP contribution in [0.2, 0.25) is 20.1 Å². The monoisotopic (exact) mass is 553 g/mol. The van der Waals surface area contributed by atoms with Gasteiger partial charge in [-0.1, -0.05) is 53.3 Å². The molecular weight excluding hydrogens is 536 g/mol. The number of rotatable bonds is 2. The highest BCUT2D eigenvalue weighted by atomic mass is 35.5. The predicted octanol–water partition coefficient (Wildman–Crippen LogP) is 4.99. The lowest BCUT2D eigenvalue weighted by Crippen LogP contribution is -2.54. The summed E-state index contributed by atoms with van der Waals surface area (Å²) in [5.74, 6) is -2.45. The number of anilines is 2. The van der Waals surface area contributed by atoms with Crippen molar-refractivity contribution in [3.8, 4) is 5.75 Å². The van der Waals surface area contributed by atoms with Gasteiger partial charge in [0.15, 0.2) is 5.75 Å². The lowest BCUT2D eigenvalue weighted by Gasteiger charge is -2.37. The van der Waals surface area contributed by atoms with Gasteiger partial charge in [-0.2, -0.15) is 0 Å². The van der Waals surface area contributed by atoms with Gasteiger partial charge in [0.05, 0.1) is 45.4 Å². The maximum absolute atomic E-state index is 14.1. The second-order valence-corrected chi connectivity index (χ2v) is 11.2. The number of nitrogens with zero attached hydrogens (tertiary/aromatic N) is 2. The van der Waals surface area contributed by atoms with E-state index in [9.17, 15) is 14.4 Å². The number of fused-ring (bicyclic) bond motifs is 7. The quantitative estimate of drug-likeness (QED) is 0.529. The van der Waals surface area contributed by atoms with Crippen molar-refractivity contribution in [3.05, 3.63) is 49.9 Å². The summed E-state index contributed by atoms with van der Waals surface area (Å²) < 4.78 is 5.21. The average molecular weight is 555 g/mol. The Bertz CT molecular complexity index is 1330. The number of amides is 3. The second-order valence-electron chi connectivity index (χ2n) is 9.55. The Hall–Kier alpha value is -2.03. The molecule has 6 rings (SSSR count). The van der Waals surface area contributed by atoms with Crippen molar-refractivity contribution in [3.63, 3.8) is 0 Å². The summed E-state index contributed by atoms with van der Waals surface area (Å²) in [7, 11) is 1.43. The molecule has 4 aliphatic rings. The molecular formula is C24H19Cl4N3O4. The van der Waals surface area contributed by atoms with E-state index in [4.69, 9.17) is 51.1 Å². The molecule has 5 atom stereocenters. The van der Waals surface area contributed by atoms with Crippen LogP contribution in [0.1, 0.15) is 18.9 Å². The van der Waals surface area contributed by atoms with Crippen LogP contribution in [0.3, 0.4) is 0 Å². The molecule has 11 heteroatoms. The number of halogens is 4. The van der Waals surface area contributed by atoms with E-state index in [0.29, 0.717) is 29.2 Å². The Balaban J connectivity index is 1.56. The molecule has 1 N–H and O–H groups in total. The summed E-state index contributed by atoms with van der Waals surface area (Å²) in [4.78, 5) is 44.9. The smallest absolute Gasteiger partial charge is 0.250 e. The van der Waals surface area contributed by atoms with E-state index in [1.54, 1.807) is 12.1 Å². The van der Waals surface area contributed by atoms with Gasteiger partial charge >= 0.3 is 0 Å². The lowest BCUT2D eigenvalue weighted by molar-refractivity contribution is -0.135. The molecule has 0 radical (unpaired) electrons. The molecule has 0 aliphatic carbocycles. The molecule has 1 spiro atoms. The normalized spacial score (nSPS) is 31.3. The fraction of sp³-hybridized carbons (Fsp3) is 0.375. The van der Waals surface area contributed by atoms with E-state index in [1.165, 1.54) is 19.2 Å². The van der Waals surface area contributed by atoms with Crippen LogP contribution in [0, 0.1) is 17.8 Å². The van der Waals surface area contributed by atoms with Gasteiger partial charge in [-0.3, -0.25) is 19.3 Å². The van der Waals surface area contributed by atoms with Crippen LogP contribution in [0.15, 0.2) is 24.3 Å². The number of imide groups is 1. The molecule has 2 aromatic carbocycles. The maximum atomic E-state index is 14.1. The lowest BCUT2D eigenvalue weighted by atomic mass is 9.75. The molecule has 0 aromatic heterocycles. The van der Waals surface area contributed by atoms with Gasteiger partial charge in [0.25, 0.3) is 5.91 Å². The zero-order valence-corrected chi connectivity index (χ0v) is 21.6. The molecule has 4 unspecified atom stereocenters. The third kappa shape index (κ3) is 2.87. The molecule has 7 nitrogen and oxygen atoms in total. The first kappa shape index (κ1) is 23.4. The summed E-state index contributed by atoms with van der Waals surface area (Å²) >= 11 is 25.5. The standard InChI is InChI=1S/C24H19Cl4N3O4/c1-9-3-16-17-18(22(33)31(21(17)32)11-6-14(27)20(35-2)15(28)7-11)24(30(16)8-9)12-4-10(25)5-13(26)19(12)29-23(24)34/h4-7,9,16-18H,3,8H2,1-2H3,(H,29,34)/t9-,16?,17?,18?,24?/m0/s1. The molecule has 0 bridgehead atoms. The third-order valence-corrected chi connectivity index (χ3v) is 8.79. The van der Waals surface area contributed by atoms with Crippen LogP contribution in [0.4, 0.5) is 11.4 Å². The minimum Gasteiger partial charge on any atom is -0.494 e. The van der Waals surface area contributed by atoms with Gasteiger partial charge in [0.2, 0.25) is 11.8 Å². The number of nitrogens with one attached hydrogen (secondary N) is 1. The average Bonchev–Trinajstić information content (AvgIpc) is 3.44.